The molecule has 1 aromatic rings. The van der Waals surface area contributed by atoms with Crippen LogP contribution in [-0.4, -0.2) is 98.8 Å². The summed E-state index contributed by atoms with van der Waals surface area (Å²) in [7, 11) is 1.57. The Morgan fingerprint density at radius 1 is 1.45 bits per heavy atom. The Bertz CT molecular complexity index is 631. The number of aliphatic hydroxyl groups excluding tert-OH is 1. The first kappa shape index (κ1) is 23.7. The third-order valence-corrected chi connectivity index (χ3v) is 4.66. The molecule has 0 bridgehead atoms. The van der Waals surface area contributed by atoms with Crippen LogP contribution in [0.3, 0.4) is 0 Å². The zero-order chi connectivity index (χ0) is 21.2. The standard InChI is InChI=1S/C21H33FN2O5/c1-16(2)29-15-19(25)12-23-7-10-28-20(13-23)14-24(8-9-27-3)21(26)17-5-4-6-18(22)11-17/h4-6,11,16,19-20,25H,7-10,12-15H2,1-3H3/t19-,20+/m1/s1. The van der Waals surface area contributed by atoms with Crippen LogP contribution in [-0.2, 0) is 14.2 Å². The first-order chi connectivity index (χ1) is 13.9. The van der Waals surface area contributed by atoms with Crippen LogP contribution >= 0.6 is 0 Å². The van der Waals surface area contributed by atoms with Crippen LogP contribution < -0.4 is 0 Å². The Morgan fingerprint density at radius 3 is 2.93 bits per heavy atom. The Kier molecular flexibility index (Phi) is 9.96. The molecule has 7 nitrogen and oxygen atoms in total. The summed E-state index contributed by atoms with van der Waals surface area (Å²) in [5.41, 5.74) is 0.301. The number of benzene rings is 1. The second-order valence-corrected chi connectivity index (χ2v) is 7.54. The van der Waals surface area contributed by atoms with Gasteiger partial charge in [-0.1, -0.05) is 6.07 Å². The maximum absolute atomic E-state index is 13.5. The molecule has 2 atom stereocenters. The first-order valence-corrected chi connectivity index (χ1v) is 10.1. The lowest BCUT2D eigenvalue weighted by Crippen LogP contribution is -2.51. The van der Waals surface area contributed by atoms with Crippen molar-refractivity contribution < 1.29 is 28.5 Å². The topological polar surface area (TPSA) is 71.5 Å². The summed E-state index contributed by atoms with van der Waals surface area (Å²) in [5.74, 6) is -0.701. The van der Waals surface area contributed by atoms with E-state index in [4.69, 9.17) is 14.2 Å². The molecule has 1 saturated heterocycles. The minimum Gasteiger partial charge on any atom is -0.389 e. The number of rotatable bonds is 11. The van der Waals surface area contributed by atoms with Crippen molar-refractivity contribution in [3.05, 3.63) is 35.6 Å². The van der Waals surface area contributed by atoms with Crippen molar-refractivity contribution in [1.82, 2.24) is 9.80 Å². The lowest BCUT2D eigenvalue weighted by Gasteiger charge is -2.36. The minimum atomic E-state index is -0.574. The highest BCUT2D eigenvalue weighted by atomic mass is 19.1. The fourth-order valence-electron chi connectivity index (χ4n) is 3.24. The number of ether oxygens (including phenoxy) is 3. The predicted molar refractivity (Wildman–Crippen MR) is 107 cm³/mol. The average Bonchev–Trinajstić information content (AvgIpc) is 2.69. The molecule has 2 rings (SSSR count). The van der Waals surface area contributed by atoms with Gasteiger partial charge in [-0.2, -0.15) is 0 Å². The van der Waals surface area contributed by atoms with Gasteiger partial charge >= 0.3 is 0 Å². The normalized spacial score (nSPS) is 18.8. The van der Waals surface area contributed by atoms with E-state index in [1.54, 1.807) is 18.1 Å². The molecule has 1 aliphatic rings. The van der Waals surface area contributed by atoms with Crippen LogP contribution in [0.2, 0.25) is 0 Å². The summed E-state index contributed by atoms with van der Waals surface area (Å²) < 4.78 is 30.0. The molecule has 1 N–H and O–H groups in total. The van der Waals surface area contributed by atoms with Crippen molar-refractivity contribution >= 4 is 5.91 Å². The molecule has 0 saturated carbocycles. The summed E-state index contributed by atoms with van der Waals surface area (Å²) in [5, 5.41) is 10.2. The van der Waals surface area contributed by atoms with E-state index in [-0.39, 0.29) is 24.7 Å². The highest BCUT2D eigenvalue weighted by Gasteiger charge is 2.26. The Labute approximate surface area is 172 Å². The first-order valence-electron chi connectivity index (χ1n) is 10.1. The monoisotopic (exact) mass is 412 g/mol. The van der Waals surface area contributed by atoms with Crippen molar-refractivity contribution in [2.45, 2.75) is 32.2 Å². The zero-order valence-electron chi connectivity index (χ0n) is 17.6. The van der Waals surface area contributed by atoms with Gasteiger partial charge in [0, 0.05) is 45.4 Å². The van der Waals surface area contributed by atoms with Gasteiger partial charge in [0.2, 0.25) is 0 Å². The lowest BCUT2D eigenvalue weighted by atomic mass is 10.1. The van der Waals surface area contributed by atoms with Gasteiger partial charge in [0.25, 0.3) is 5.91 Å². The molecule has 1 amide bonds. The highest BCUT2D eigenvalue weighted by molar-refractivity contribution is 5.94. The Balaban J connectivity index is 1.94. The van der Waals surface area contributed by atoms with E-state index in [2.05, 4.69) is 4.90 Å². The molecule has 0 aliphatic carbocycles. The van der Waals surface area contributed by atoms with Crippen LogP contribution in [0.1, 0.15) is 24.2 Å². The van der Waals surface area contributed by atoms with Crippen molar-refractivity contribution in [3.8, 4) is 0 Å². The molecule has 1 aliphatic heterocycles. The number of morpholine rings is 1. The van der Waals surface area contributed by atoms with Gasteiger partial charge in [0.1, 0.15) is 5.82 Å². The number of hydrogen-bond acceptors (Lipinski definition) is 6. The van der Waals surface area contributed by atoms with Gasteiger partial charge in [-0.25, -0.2) is 4.39 Å². The van der Waals surface area contributed by atoms with Gasteiger partial charge in [0.05, 0.1) is 38.1 Å². The molecule has 0 spiro atoms. The van der Waals surface area contributed by atoms with Gasteiger partial charge in [0.15, 0.2) is 0 Å². The van der Waals surface area contributed by atoms with Crippen LogP contribution in [0, 0.1) is 5.82 Å². The molecule has 0 unspecified atom stereocenters. The fourth-order valence-corrected chi connectivity index (χ4v) is 3.24. The van der Waals surface area contributed by atoms with Crippen LogP contribution in [0.5, 0.6) is 0 Å². The quantitative estimate of drug-likeness (QED) is 0.593. The summed E-state index contributed by atoms with van der Waals surface area (Å²) in [6.45, 7) is 7.61. The second-order valence-electron chi connectivity index (χ2n) is 7.54. The fraction of sp³-hybridized carbons (Fsp3) is 0.667. The average molecular weight is 413 g/mol. The maximum atomic E-state index is 13.5. The second kappa shape index (κ2) is 12.2. The van der Waals surface area contributed by atoms with Crippen molar-refractivity contribution in [1.29, 1.82) is 0 Å². The molecule has 1 fully saturated rings. The number of carbonyl (C=O) groups is 1. The Morgan fingerprint density at radius 2 is 2.24 bits per heavy atom. The molecule has 0 aromatic heterocycles. The van der Waals surface area contributed by atoms with E-state index in [0.29, 0.717) is 51.5 Å². The number of amides is 1. The molecule has 0 radical (unpaired) electrons. The number of aliphatic hydroxyl groups is 1. The number of β-amino-alcohol motifs (C(OH)–C–C–N with tert-alkyl or cyclic N) is 1. The summed E-state index contributed by atoms with van der Waals surface area (Å²) in [6.07, 6.45) is -0.698. The largest absolute Gasteiger partial charge is 0.389 e. The lowest BCUT2D eigenvalue weighted by molar-refractivity contribution is -0.0634. The van der Waals surface area contributed by atoms with Crippen molar-refractivity contribution in [3.63, 3.8) is 0 Å². The number of halogens is 1. The number of carbonyl (C=O) groups excluding carboxylic acids is 1. The third kappa shape index (κ3) is 8.36. The van der Waals surface area contributed by atoms with Gasteiger partial charge < -0.3 is 24.2 Å². The number of methoxy groups -OCH3 is 1. The van der Waals surface area contributed by atoms with E-state index < -0.39 is 11.9 Å². The smallest absolute Gasteiger partial charge is 0.254 e. The summed E-state index contributed by atoms with van der Waals surface area (Å²) in [6, 6.07) is 5.68. The van der Waals surface area contributed by atoms with Crippen LogP contribution in [0.15, 0.2) is 24.3 Å². The van der Waals surface area contributed by atoms with Gasteiger partial charge in [-0.05, 0) is 32.0 Å². The summed E-state index contributed by atoms with van der Waals surface area (Å²) >= 11 is 0. The van der Waals surface area contributed by atoms with Gasteiger partial charge in [-0.3, -0.25) is 9.69 Å². The molecular weight excluding hydrogens is 379 g/mol. The number of hydrogen-bond donors (Lipinski definition) is 1. The predicted octanol–water partition coefficient (Wildman–Crippen LogP) is 1.40. The van der Waals surface area contributed by atoms with Crippen LogP contribution in [0.25, 0.3) is 0 Å². The highest BCUT2D eigenvalue weighted by Crippen LogP contribution is 2.12. The van der Waals surface area contributed by atoms with E-state index in [1.807, 2.05) is 13.8 Å². The van der Waals surface area contributed by atoms with E-state index in [1.165, 1.54) is 18.2 Å². The summed E-state index contributed by atoms with van der Waals surface area (Å²) in [4.78, 5) is 16.6. The SMILES string of the molecule is COCCN(C[C@@H]1CN(C[C@@H](O)COC(C)C)CCO1)C(=O)c1cccc(F)c1. The molecule has 8 heteroatoms. The third-order valence-electron chi connectivity index (χ3n) is 4.66. The zero-order valence-corrected chi connectivity index (χ0v) is 17.6. The molecule has 1 heterocycles. The molecule has 1 aromatic carbocycles. The number of nitrogens with zero attached hydrogens (tertiary/aromatic N) is 2. The van der Waals surface area contributed by atoms with E-state index in [9.17, 15) is 14.3 Å². The Hall–Kier alpha value is -1.58. The molecule has 29 heavy (non-hydrogen) atoms. The van der Waals surface area contributed by atoms with E-state index >= 15 is 0 Å². The minimum absolute atomic E-state index is 0.0743. The van der Waals surface area contributed by atoms with E-state index in [0.717, 1.165) is 0 Å². The molecule has 164 valence electrons. The van der Waals surface area contributed by atoms with Crippen molar-refractivity contribution in [2.24, 2.45) is 0 Å². The van der Waals surface area contributed by atoms with Crippen molar-refractivity contribution in [2.75, 3.05) is 59.7 Å². The van der Waals surface area contributed by atoms with Gasteiger partial charge in [-0.15, -0.1) is 0 Å². The maximum Gasteiger partial charge on any atom is 0.254 e. The van der Waals surface area contributed by atoms with Crippen LogP contribution in [0.4, 0.5) is 4.39 Å². The molecular formula is C21H33FN2O5.